The van der Waals surface area contributed by atoms with Crippen LogP contribution in [0.3, 0.4) is 0 Å². The molecule has 1 rings (SSSR count). The lowest BCUT2D eigenvalue weighted by Crippen LogP contribution is -2.34. The van der Waals surface area contributed by atoms with Gasteiger partial charge in [0.25, 0.3) is 0 Å². The van der Waals surface area contributed by atoms with Gasteiger partial charge < -0.3 is 4.90 Å². The van der Waals surface area contributed by atoms with Crippen molar-refractivity contribution >= 4 is 5.69 Å². The van der Waals surface area contributed by atoms with Crippen molar-refractivity contribution in [3.8, 4) is 6.07 Å². The molecule has 1 atom stereocenters. The zero-order chi connectivity index (χ0) is 12.7. The summed E-state index contributed by atoms with van der Waals surface area (Å²) in [5.74, 6) is 0. The van der Waals surface area contributed by atoms with Crippen molar-refractivity contribution < 1.29 is 0 Å². The van der Waals surface area contributed by atoms with Crippen LogP contribution < -0.4 is 4.90 Å². The largest absolute Gasteiger partial charge is 0.366 e. The van der Waals surface area contributed by atoms with Crippen LogP contribution in [0.25, 0.3) is 0 Å². The van der Waals surface area contributed by atoms with E-state index < -0.39 is 0 Å². The van der Waals surface area contributed by atoms with Crippen LogP contribution in [0.2, 0.25) is 0 Å². The Bertz CT molecular complexity index is 381. The van der Waals surface area contributed by atoms with Gasteiger partial charge in [-0.25, -0.2) is 4.98 Å². The standard InChI is InChI=1S/C14H21N3/c1-4-6-10-17(12(3)5-2)14-8-7-9-16-13(14)11-15/h7-9,12H,4-6,10H2,1-3H3. The Morgan fingerprint density at radius 3 is 2.82 bits per heavy atom. The molecule has 0 aromatic carbocycles. The quantitative estimate of drug-likeness (QED) is 0.753. The minimum absolute atomic E-state index is 0.442. The predicted molar refractivity (Wildman–Crippen MR) is 71.0 cm³/mol. The Balaban J connectivity index is 2.99. The SMILES string of the molecule is CCCCN(c1cccnc1C#N)C(C)CC. The molecule has 1 heterocycles. The lowest BCUT2D eigenvalue weighted by molar-refractivity contribution is 0.594. The molecular weight excluding hydrogens is 210 g/mol. The first-order valence-corrected chi connectivity index (χ1v) is 6.36. The number of nitrogens with zero attached hydrogens (tertiary/aromatic N) is 3. The van der Waals surface area contributed by atoms with E-state index >= 15 is 0 Å². The highest BCUT2D eigenvalue weighted by atomic mass is 15.2. The van der Waals surface area contributed by atoms with Crippen molar-refractivity contribution in [1.29, 1.82) is 5.26 Å². The third-order valence-electron chi connectivity index (χ3n) is 3.08. The fourth-order valence-electron chi connectivity index (χ4n) is 1.84. The third kappa shape index (κ3) is 3.45. The predicted octanol–water partition coefficient (Wildman–Crippen LogP) is 3.36. The summed E-state index contributed by atoms with van der Waals surface area (Å²) in [7, 11) is 0. The first kappa shape index (κ1) is 13.5. The molecule has 92 valence electrons. The van der Waals surface area contributed by atoms with Crippen LogP contribution in [0.15, 0.2) is 18.3 Å². The van der Waals surface area contributed by atoms with E-state index in [4.69, 9.17) is 5.26 Å². The summed E-state index contributed by atoms with van der Waals surface area (Å²) in [6.07, 6.45) is 5.05. The molecule has 0 aliphatic rings. The molecule has 0 fully saturated rings. The summed E-state index contributed by atoms with van der Waals surface area (Å²) in [5.41, 5.74) is 1.50. The summed E-state index contributed by atoms with van der Waals surface area (Å²) in [5, 5.41) is 9.11. The Labute approximate surface area is 104 Å². The van der Waals surface area contributed by atoms with Crippen LogP contribution in [-0.2, 0) is 0 Å². The van der Waals surface area contributed by atoms with Crippen LogP contribution in [0, 0.1) is 11.3 Å². The van der Waals surface area contributed by atoms with Gasteiger partial charge in [-0.1, -0.05) is 20.3 Å². The minimum atomic E-state index is 0.442. The highest BCUT2D eigenvalue weighted by Gasteiger charge is 2.16. The molecule has 0 amide bonds. The van der Waals surface area contributed by atoms with Crippen LogP contribution in [-0.4, -0.2) is 17.6 Å². The maximum Gasteiger partial charge on any atom is 0.163 e. The molecule has 3 nitrogen and oxygen atoms in total. The van der Waals surface area contributed by atoms with Crippen molar-refractivity contribution in [2.45, 2.75) is 46.1 Å². The maximum atomic E-state index is 9.11. The van der Waals surface area contributed by atoms with E-state index in [1.165, 1.54) is 0 Å². The second-order valence-electron chi connectivity index (χ2n) is 4.29. The topological polar surface area (TPSA) is 39.9 Å². The fourth-order valence-corrected chi connectivity index (χ4v) is 1.84. The smallest absolute Gasteiger partial charge is 0.163 e. The molecule has 0 aliphatic heterocycles. The molecule has 0 aliphatic carbocycles. The number of unbranched alkanes of at least 4 members (excludes halogenated alkanes) is 1. The van der Waals surface area contributed by atoms with Gasteiger partial charge in [-0.2, -0.15) is 5.26 Å². The van der Waals surface area contributed by atoms with Gasteiger partial charge in [0.05, 0.1) is 5.69 Å². The van der Waals surface area contributed by atoms with Gasteiger partial charge in [0.1, 0.15) is 6.07 Å². The summed E-state index contributed by atoms with van der Waals surface area (Å²) >= 11 is 0. The molecule has 0 N–H and O–H groups in total. The Morgan fingerprint density at radius 1 is 1.47 bits per heavy atom. The highest BCUT2D eigenvalue weighted by molar-refractivity contribution is 5.56. The zero-order valence-corrected chi connectivity index (χ0v) is 11.0. The number of nitriles is 1. The Kier molecular flexibility index (Phi) is 5.48. The van der Waals surface area contributed by atoms with Gasteiger partial charge in [-0.05, 0) is 31.9 Å². The first-order valence-electron chi connectivity index (χ1n) is 6.36. The summed E-state index contributed by atoms with van der Waals surface area (Å²) in [4.78, 5) is 6.44. The number of anilines is 1. The Hall–Kier alpha value is -1.56. The zero-order valence-electron chi connectivity index (χ0n) is 11.0. The van der Waals surface area contributed by atoms with Gasteiger partial charge in [0.2, 0.25) is 0 Å². The molecule has 0 radical (unpaired) electrons. The van der Waals surface area contributed by atoms with Crippen molar-refractivity contribution in [2.24, 2.45) is 0 Å². The van der Waals surface area contributed by atoms with Crippen LogP contribution in [0.4, 0.5) is 5.69 Å². The monoisotopic (exact) mass is 231 g/mol. The van der Waals surface area contributed by atoms with E-state index in [-0.39, 0.29) is 0 Å². The van der Waals surface area contributed by atoms with Gasteiger partial charge in [-0.3, -0.25) is 0 Å². The maximum absolute atomic E-state index is 9.11. The van der Waals surface area contributed by atoms with E-state index in [2.05, 4.69) is 36.7 Å². The molecule has 1 aromatic rings. The molecule has 1 aromatic heterocycles. The van der Waals surface area contributed by atoms with E-state index in [9.17, 15) is 0 Å². The second kappa shape index (κ2) is 6.90. The van der Waals surface area contributed by atoms with Crippen molar-refractivity contribution in [1.82, 2.24) is 4.98 Å². The highest BCUT2D eigenvalue weighted by Crippen LogP contribution is 2.21. The summed E-state index contributed by atoms with van der Waals surface area (Å²) < 4.78 is 0. The van der Waals surface area contributed by atoms with Gasteiger partial charge in [-0.15, -0.1) is 0 Å². The fraction of sp³-hybridized carbons (Fsp3) is 0.571. The molecule has 0 spiro atoms. The van der Waals surface area contributed by atoms with Crippen LogP contribution in [0.1, 0.15) is 45.7 Å². The van der Waals surface area contributed by atoms with Gasteiger partial charge >= 0.3 is 0 Å². The van der Waals surface area contributed by atoms with E-state index in [1.54, 1.807) is 6.20 Å². The van der Waals surface area contributed by atoms with Crippen molar-refractivity contribution in [2.75, 3.05) is 11.4 Å². The summed E-state index contributed by atoms with van der Waals surface area (Å²) in [6, 6.07) is 6.51. The lowest BCUT2D eigenvalue weighted by atomic mass is 10.1. The molecule has 0 bridgehead atoms. The van der Waals surface area contributed by atoms with Crippen molar-refractivity contribution in [3.63, 3.8) is 0 Å². The normalized spacial score (nSPS) is 11.9. The van der Waals surface area contributed by atoms with Crippen molar-refractivity contribution in [3.05, 3.63) is 24.0 Å². The van der Waals surface area contributed by atoms with E-state index in [1.807, 2.05) is 12.1 Å². The van der Waals surface area contributed by atoms with Crippen LogP contribution in [0.5, 0.6) is 0 Å². The molecular formula is C14H21N3. The van der Waals surface area contributed by atoms with E-state index in [0.29, 0.717) is 11.7 Å². The molecule has 17 heavy (non-hydrogen) atoms. The molecule has 0 saturated carbocycles. The average molecular weight is 231 g/mol. The molecule has 3 heteroatoms. The molecule has 1 unspecified atom stereocenters. The van der Waals surface area contributed by atoms with Crippen LogP contribution >= 0.6 is 0 Å². The second-order valence-corrected chi connectivity index (χ2v) is 4.29. The average Bonchev–Trinajstić information content (AvgIpc) is 2.39. The third-order valence-corrected chi connectivity index (χ3v) is 3.08. The summed E-state index contributed by atoms with van der Waals surface area (Å²) in [6.45, 7) is 7.55. The van der Waals surface area contributed by atoms with E-state index in [0.717, 1.165) is 31.5 Å². The number of aromatic nitrogens is 1. The lowest BCUT2D eigenvalue weighted by Gasteiger charge is -2.31. The Morgan fingerprint density at radius 2 is 2.24 bits per heavy atom. The minimum Gasteiger partial charge on any atom is -0.366 e. The van der Waals surface area contributed by atoms with Gasteiger partial charge in [0.15, 0.2) is 5.69 Å². The molecule has 0 saturated heterocycles. The number of hydrogen-bond donors (Lipinski definition) is 0. The van der Waals surface area contributed by atoms with Gasteiger partial charge in [0, 0.05) is 18.8 Å². The first-order chi connectivity index (χ1) is 8.24. The number of pyridine rings is 1. The number of hydrogen-bond acceptors (Lipinski definition) is 3. The number of rotatable bonds is 6.